The van der Waals surface area contributed by atoms with Crippen LogP contribution in [0, 0.1) is 13.8 Å². The van der Waals surface area contributed by atoms with E-state index in [0.717, 1.165) is 4.31 Å². The number of rotatable bonds is 6. The van der Waals surface area contributed by atoms with Crippen LogP contribution in [0.5, 0.6) is 0 Å². The smallest absolute Gasteiger partial charge is 0.339 e. The summed E-state index contributed by atoms with van der Waals surface area (Å²) in [4.78, 5) is 28.6. The van der Waals surface area contributed by atoms with Crippen LogP contribution in [0.2, 0.25) is 0 Å². The number of nitrogens with one attached hydrogen (secondary N) is 1. The van der Waals surface area contributed by atoms with E-state index in [1.807, 2.05) is 0 Å². The molecular weight excluding hydrogens is 382 g/mol. The topological polar surface area (TPSA) is 106 Å². The summed E-state index contributed by atoms with van der Waals surface area (Å²) >= 11 is 0. The van der Waals surface area contributed by atoms with Crippen LogP contribution in [0.1, 0.15) is 39.0 Å². The Morgan fingerprint density at radius 3 is 2.39 bits per heavy atom. The maximum atomic E-state index is 12.6. The highest BCUT2D eigenvalue weighted by atomic mass is 32.2. The largest absolute Gasteiger partial charge is 0.462 e. The van der Waals surface area contributed by atoms with Gasteiger partial charge in [-0.25, -0.2) is 22.5 Å². The molecule has 0 atom stereocenters. The molecule has 1 amide bonds. The summed E-state index contributed by atoms with van der Waals surface area (Å²) in [5.41, 5.74) is 1.82. The zero-order valence-corrected chi connectivity index (χ0v) is 17.3. The number of pyridine rings is 1. The summed E-state index contributed by atoms with van der Waals surface area (Å²) in [5.74, 6) is -1.02. The molecule has 1 heterocycles. The van der Waals surface area contributed by atoms with E-state index in [9.17, 15) is 18.0 Å². The van der Waals surface area contributed by atoms with Crippen molar-refractivity contribution in [2.75, 3.05) is 26.0 Å². The van der Waals surface area contributed by atoms with Crippen LogP contribution in [0.4, 0.5) is 5.69 Å². The normalized spacial score (nSPS) is 11.4. The molecule has 0 saturated heterocycles. The third kappa shape index (κ3) is 4.55. The molecule has 150 valence electrons. The average Bonchev–Trinajstić information content (AvgIpc) is 2.63. The second kappa shape index (κ2) is 8.49. The Bertz CT molecular complexity index is 1020. The number of amides is 1. The number of hydrogen-bond acceptors (Lipinski definition) is 6. The summed E-state index contributed by atoms with van der Waals surface area (Å²) in [7, 11) is -0.757. The lowest BCUT2D eigenvalue weighted by atomic mass is 10.1. The molecule has 2 aromatic rings. The molecule has 0 aliphatic rings. The summed E-state index contributed by atoms with van der Waals surface area (Å²) < 4.78 is 30.7. The minimum absolute atomic E-state index is 0.0696. The Labute approximate surface area is 164 Å². The van der Waals surface area contributed by atoms with Gasteiger partial charge in [-0.2, -0.15) is 0 Å². The van der Waals surface area contributed by atoms with E-state index in [4.69, 9.17) is 4.74 Å². The van der Waals surface area contributed by atoms with Gasteiger partial charge in [0.1, 0.15) is 5.69 Å². The Kier molecular flexibility index (Phi) is 6.52. The molecule has 1 aromatic carbocycles. The fourth-order valence-electron chi connectivity index (χ4n) is 2.41. The van der Waals surface area contributed by atoms with Gasteiger partial charge in [-0.1, -0.05) is 6.07 Å². The van der Waals surface area contributed by atoms with Crippen LogP contribution in [0.3, 0.4) is 0 Å². The minimum atomic E-state index is -3.63. The van der Waals surface area contributed by atoms with Gasteiger partial charge in [-0.15, -0.1) is 0 Å². The van der Waals surface area contributed by atoms with E-state index in [1.165, 1.54) is 38.4 Å². The van der Waals surface area contributed by atoms with Gasteiger partial charge in [-0.3, -0.25) is 4.79 Å². The maximum absolute atomic E-state index is 12.6. The minimum Gasteiger partial charge on any atom is -0.462 e. The number of sulfonamides is 1. The zero-order valence-electron chi connectivity index (χ0n) is 16.4. The van der Waals surface area contributed by atoms with Crippen molar-refractivity contribution in [3.05, 3.63) is 52.8 Å². The first kappa shape index (κ1) is 21.5. The summed E-state index contributed by atoms with van der Waals surface area (Å²) in [6.45, 7) is 5.31. The van der Waals surface area contributed by atoms with Crippen molar-refractivity contribution in [3.8, 4) is 0 Å². The van der Waals surface area contributed by atoms with Gasteiger partial charge < -0.3 is 10.1 Å². The first-order valence-electron chi connectivity index (χ1n) is 8.57. The molecule has 28 heavy (non-hydrogen) atoms. The van der Waals surface area contributed by atoms with Crippen molar-refractivity contribution in [3.63, 3.8) is 0 Å². The Morgan fingerprint density at radius 1 is 1.14 bits per heavy atom. The molecule has 1 aromatic heterocycles. The monoisotopic (exact) mass is 405 g/mol. The maximum Gasteiger partial charge on any atom is 0.339 e. The van der Waals surface area contributed by atoms with Crippen molar-refractivity contribution in [1.82, 2.24) is 9.29 Å². The number of ether oxygens (including phenoxy) is 1. The molecule has 2 rings (SSSR count). The van der Waals surface area contributed by atoms with Gasteiger partial charge in [-0.05, 0) is 50.6 Å². The number of carbonyl (C=O) groups excluding carboxylic acids is 2. The molecule has 0 bridgehead atoms. The Hall–Kier alpha value is -2.78. The number of aryl methyl sites for hydroxylation is 2. The van der Waals surface area contributed by atoms with Crippen molar-refractivity contribution in [1.29, 1.82) is 0 Å². The summed E-state index contributed by atoms with van der Waals surface area (Å²) in [6, 6.07) is 7.41. The molecule has 0 radical (unpaired) electrons. The molecule has 0 fully saturated rings. The Balaban J connectivity index is 2.30. The first-order chi connectivity index (χ1) is 13.1. The van der Waals surface area contributed by atoms with Crippen LogP contribution in [-0.4, -0.2) is 50.3 Å². The van der Waals surface area contributed by atoms with Crippen molar-refractivity contribution < 1.29 is 22.7 Å². The van der Waals surface area contributed by atoms with Crippen molar-refractivity contribution in [2.45, 2.75) is 25.7 Å². The highest BCUT2D eigenvalue weighted by molar-refractivity contribution is 7.89. The number of aromatic nitrogens is 1. The molecule has 0 spiro atoms. The molecule has 9 heteroatoms. The van der Waals surface area contributed by atoms with E-state index in [2.05, 4.69) is 10.3 Å². The van der Waals surface area contributed by atoms with Gasteiger partial charge >= 0.3 is 5.97 Å². The van der Waals surface area contributed by atoms with Gasteiger partial charge in [0.25, 0.3) is 5.91 Å². The molecule has 0 saturated carbocycles. The number of hydrogen-bond donors (Lipinski definition) is 1. The van der Waals surface area contributed by atoms with Gasteiger partial charge in [0.2, 0.25) is 10.0 Å². The average molecular weight is 405 g/mol. The van der Waals surface area contributed by atoms with Crippen LogP contribution < -0.4 is 5.32 Å². The molecule has 8 nitrogen and oxygen atoms in total. The standard InChI is InChI=1S/C19H23N3O5S/c1-6-27-19(24)15-9-10-16(20-13(15)3)18(23)21-17-11-14(8-7-12(17)2)28(25,26)22(4)5/h7-11H,6H2,1-5H3,(H,21,23). The molecule has 0 unspecified atom stereocenters. The number of benzene rings is 1. The van der Waals surface area contributed by atoms with E-state index in [0.29, 0.717) is 16.9 Å². The third-order valence-corrected chi connectivity index (χ3v) is 5.86. The number of anilines is 1. The summed E-state index contributed by atoms with van der Waals surface area (Å²) in [5, 5.41) is 2.68. The zero-order chi connectivity index (χ0) is 21.1. The second-order valence-electron chi connectivity index (χ2n) is 6.27. The fraction of sp³-hybridized carbons (Fsp3) is 0.316. The number of esters is 1. The van der Waals surface area contributed by atoms with Crippen LogP contribution in [-0.2, 0) is 14.8 Å². The van der Waals surface area contributed by atoms with E-state index < -0.39 is 21.9 Å². The predicted octanol–water partition coefficient (Wildman–Crippen LogP) is 2.38. The number of carbonyl (C=O) groups is 2. The lowest BCUT2D eigenvalue weighted by molar-refractivity contribution is 0.0524. The van der Waals surface area contributed by atoms with E-state index in [1.54, 1.807) is 26.8 Å². The number of nitrogens with zero attached hydrogens (tertiary/aromatic N) is 2. The SMILES string of the molecule is CCOC(=O)c1ccc(C(=O)Nc2cc(S(=O)(=O)N(C)C)ccc2C)nc1C. The van der Waals surface area contributed by atoms with E-state index in [-0.39, 0.29) is 22.8 Å². The fourth-order valence-corrected chi connectivity index (χ4v) is 3.33. The summed E-state index contributed by atoms with van der Waals surface area (Å²) in [6.07, 6.45) is 0. The van der Waals surface area contributed by atoms with Crippen molar-refractivity contribution >= 4 is 27.6 Å². The van der Waals surface area contributed by atoms with Crippen LogP contribution in [0.15, 0.2) is 35.2 Å². The highest BCUT2D eigenvalue weighted by Crippen LogP contribution is 2.22. The van der Waals surface area contributed by atoms with Gasteiger partial charge in [0.15, 0.2) is 0 Å². The second-order valence-corrected chi connectivity index (χ2v) is 8.42. The third-order valence-electron chi connectivity index (χ3n) is 4.05. The highest BCUT2D eigenvalue weighted by Gasteiger charge is 2.20. The molecule has 0 aliphatic heterocycles. The predicted molar refractivity (Wildman–Crippen MR) is 105 cm³/mol. The Morgan fingerprint density at radius 2 is 1.82 bits per heavy atom. The lowest BCUT2D eigenvalue weighted by Crippen LogP contribution is -2.22. The van der Waals surface area contributed by atoms with E-state index >= 15 is 0 Å². The quantitative estimate of drug-likeness (QED) is 0.740. The molecular formula is C19H23N3O5S. The van der Waals surface area contributed by atoms with Crippen LogP contribution in [0.25, 0.3) is 0 Å². The van der Waals surface area contributed by atoms with Gasteiger partial charge in [0, 0.05) is 19.8 Å². The molecule has 1 N–H and O–H groups in total. The van der Waals surface area contributed by atoms with Crippen LogP contribution >= 0.6 is 0 Å². The molecule has 0 aliphatic carbocycles. The van der Waals surface area contributed by atoms with Crippen molar-refractivity contribution in [2.24, 2.45) is 0 Å². The lowest BCUT2D eigenvalue weighted by Gasteiger charge is -2.14. The first-order valence-corrected chi connectivity index (χ1v) is 10.0. The van der Waals surface area contributed by atoms with Gasteiger partial charge in [0.05, 0.1) is 22.8 Å².